The Hall–Kier alpha value is -1.62. The minimum atomic E-state index is 0.145. The minimum absolute atomic E-state index is 0.145. The number of carbonyl (C=O) groups is 1. The second-order valence-electron chi connectivity index (χ2n) is 4.93. The van der Waals surface area contributed by atoms with Crippen LogP contribution in [0.3, 0.4) is 0 Å². The normalized spacial score (nSPS) is 19.6. The number of hydrogen-bond acceptors (Lipinski definition) is 3. The largest absolute Gasteiger partial charge is 0.329 e. The van der Waals surface area contributed by atoms with Crippen LogP contribution in [0.5, 0.6) is 0 Å². The molecule has 0 saturated carbocycles. The summed E-state index contributed by atoms with van der Waals surface area (Å²) in [5.41, 5.74) is 1.04. The molecule has 2 aromatic heterocycles. The van der Waals surface area contributed by atoms with Crippen LogP contribution < -0.4 is 0 Å². The number of amides is 1. The molecule has 19 heavy (non-hydrogen) atoms. The van der Waals surface area contributed by atoms with E-state index in [-0.39, 0.29) is 11.9 Å². The van der Waals surface area contributed by atoms with Crippen LogP contribution in [0.15, 0.2) is 24.4 Å². The van der Waals surface area contributed by atoms with Gasteiger partial charge in [0.2, 0.25) is 0 Å². The van der Waals surface area contributed by atoms with E-state index in [2.05, 4.69) is 10.2 Å². The van der Waals surface area contributed by atoms with Gasteiger partial charge in [-0.15, -0.1) is 11.3 Å². The lowest BCUT2D eigenvalue weighted by Gasteiger charge is -2.34. The molecule has 3 heterocycles. The van der Waals surface area contributed by atoms with Crippen LogP contribution in [0.2, 0.25) is 0 Å². The number of piperidine rings is 1. The summed E-state index contributed by atoms with van der Waals surface area (Å²) in [4.78, 5) is 16.6. The monoisotopic (exact) mass is 275 g/mol. The third-order valence-electron chi connectivity index (χ3n) is 3.60. The zero-order valence-electron chi connectivity index (χ0n) is 10.9. The van der Waals surface area contributed by atoms with E-state index >= 15 is 0 Å². The third-order valence-corrected chi connectivity index (χ3v) is 4.58. The molecule has 1 aliphatic rings. The molecule has 0 aliphatic carbocycles. The van der Waals surface area contributed by atoms with Gasteiger partial charge < -0.3 is 4.90 Å². The first-order chi connectivity index (χ1) is 9.25. The number of aromatic amines is 1. The van der Waals surface area contributed by atoms with Crippen LogP contribution in [0.25, 0.3) is 0 Å². The first kappa shape index (κ1) is 12.4. The molecule has 100 valence electrons. The molecule has 0 bridgehead atoms. The summed E-state index contributed by atoms with van der Waals surface area (Å²) < 4.78 is 0. The Morgan fingerprint density at radius 1 is 1.42 bits per heavy atom. The van der Waals surface area contributed by atoms with Gasteiger partial charge in [0.05, 0.1) is 16.6 Å². The number of nitrogens with one attached hydrogen (secondary N) is 1. The van der Waals surface area contributed by atoms with Crippen LogP contribution in [0, 0.1) is 6.92 Å². The van der Waals surface area contributed by atoms with E-state index < -0.39 is 0 Å². The van der Waals surface area contributed by atoms with Gasteiger partial charge >= 0.3 is 0 Å². The maximum atomic E-state index is 12.6. The number of rotatable bonds is 2. The fourth-order valence-corrected chi connectivity index (χ4v) is 3.46. The molecule has 1 fully saturated rings. The highest BCUT2D eigenvalue weighted by Gasteiger charge is 2.30. The highest BCUT2D eigenvalue weighted by atomic mass is 32.1. The van der Waals surface area contributed by atoms with Gasteiger partial charge in [0.1, 0.15) is 0 Å². The molecule has 0 radical (unpaired) electrons. The topological polar surface area (TPSA) is 49.0 Å². The summed E-state index contributed by atoms with van der Waals surface area (Å²) in [6.07, 6.45) is 5.01. The second-order valence-corrected chi connectivity index (χ2v) is 6.22. The fourth-order valence-electron chi connectivity index (χ4n) is 2.64. The SMILES string of the molecule is Cc1ccc(C(=O)N2CCCC[C@@H]2c2ccn[nH]2)s1. The summed E-state index contributed by atoms with van der Waals surface area (Å²) in [6, 6.07) is 6.05. The van der Waals surface area contributed by atoms with E-state index in [1.807, 2.05) is 30.0 Å². The molecule has 2 aromatic rings. The smallest absolute Gasteiger partial charge is 0.264 e. The molecule has 0 spiro atoms. The molecular weight excluding hydrogens is 258 g/mol. The third kappa shape index (κ3) is 2.42. The number of aromatic nitrogens is 2. The Labute approximate surface area is 116 Å². The van der Waals surface area contributed by atoms with Crippen LogP contribution in [-0.4, -0.2) is 27.5 Å². The zero-order chi connectivity index (χ0) is 13.2. The van der Waals surface area contributed by atoms with E-state index in [4.69, 9.17) is 0 Å². The van der Waals surface area contributed by atoms with Crippen molar-refractivity contribution < 1.29 is 4.79 Å². The molecule has 1 saturated heterocycles. The van der Waals surface area contributed by atoms with Crippen molar-refractivity contribution in [3.8, 4) is 0 Å². The Balaban J connectivity index is 1.86. The average molecular weight is 275 g/mol. The van der Waals surface area contributed by atoms with Crippen molar-refractivity contribution >= 4 is 17.2 Å². The van der Waals surface area contributed by atoms with Gasteiger partial charge in [-0.2, -0.15) is 5.10 Å². The van der Waals surface area contributed by atoms with Crippen molar-refractivity contribution in [3.05, 3.63) is 39.8 Å². The second kappa shape index (κ2) is 5.17. The van der Waals surface area contributed by atoms with Crippen molar-refractivity contribution in [2.75, 3.05) is 6.54 Å². The molecule has 4 nitrogen and oxygen atoms in total. The predicted octanol–water partition coefficient (Wildman–Crippen LogP) is 3.15. The van der Waals surface area contributed by atoms with Gasteiger partial charge in [-0.1, -0.05) is 0 Å². The molecule has 3 rings (SSSR count). The number of hydrogen-bond donors (Lipinski definition) is 1. The average Bonchev–Trinajstić information content (AvgIpc) is 3.09. The molecule has 5 heteroatoms. The summed E-state index contributed by atoms with van der Waals surface area (Å²) >= 11 is 1.57. The lowest BCUT2D eigenvalue weighted by molar-refractivity contribution is 0.0611. The van der Waals surface area contributed by atoms with Crippen molar-refractivity contribution in [1.82, 2.24) is 15.1 Å². The van der Waals surface area contributed by atoms with Gasteiger partial charge in [0.15, 0.2) is 0 Å². The van der Waals surface area contributed by atoms with Gasteiger partial charge in [-0.05, 0) is 44.4 Å². The summed E-state index contributed by atoms with van der Waals surface area (Å²) in [7, 11) is 0. The lowest BCUT2D eigenvalue weighted by atomic mass is 9.99. The molecule has 0 aromatic carbocycles. The predicted molar refractivity (Wildman–Crippen MR) is 75.3 cm³/mol. The molecule has 1 atom stereocenters. The summed E-state index contributed by atoms with van der Waals surface area (Å²) in [5.74, 6) is 0.150. The Bertz CT molecular complexity index is 561. The number of aryl methyl sites for hydroxylation is 1. The van der Waals surface area contributed by atoms with Crippen LogP contribution in [0.4, 0.5) is 0 Å². The number of thiophene rings is 1. The van der Waals surface area contributed by atoms with Crippen LogP contribution in [0.1, 0.15) is 45.5 Å². The minimum Gasteiger partial charge on any atom is -0.329 e. The Morgan fingerprint density at radius 2 is 2.32 bits per heavy atom. The van der Waals surface area contributed by atoms with Gasteiger partial charge in [-0.3, -0.25) is 9.89 Å². The Kier molecular flexibility index (Phi) is 3.38. The molecular formula is C14H17N3OS. The highest BCUT2D eigenvalue weighted by molar-refractivity contribution is 7.13. The van der Waals surface area contributed by atoms with E-state index in [0.29, 0.717) is 0 Å². The number of H-pyrrole nitrogens is 1. The highest BCUT2D eigenvalue weighted by Crippen LogP contribution is 2.32. The number of carbonyl (C=O) groups excluding carboxylic acids is 1. The zero-order valence-corrected chi connectivity index (χ0v) is 11.7. The van der Waals surface area contributed by atoms with E-state index in [9.17, 15) is 4.79 Å². The Morgan fingerprint density at radius 3 is 3.00 bits per heavy atom. The maximum absolute atomic E-state index is 12.6. The first-order valence-corrected chi connectivity index (χ1v) is 7.44. The van der Waals surface area contributed by atoms with E-state index in [1.54, 1.807) is 17.5 Å². The number of nitrogens with zero attached hydrogens (tertiary/aromatic N) is 2. The van der Waals surface area contributed by atoms with Crippen LogP contribution in [-0.2, 0) is 0 Å². The van der Waals surface area contributed by atoms with Crippen molar-refractivity contribution in [2.45, 2.75) is 32.2 Å². The first-order valence-electron chi connectivity index (χ1n) is 6.62. The summed E-state index contributed by atoms with van der Waals surface area (Å²) in [5, 5.41) is 7.02. The maximum Gasteiger partial charge on any atom is 0.264 e. The number of likely N-dealkylation sites (tertiary alicyclic amines) is 1. The van der Waals surface area contributed by atoms with E-state index in [0.717, 1.165) is 36.4 Å². The molecule has 0 unspecified atom stereocenters. The standard InChI is InChI=1S/C14H17N3OS/c1-10-5-6-13(19-10)14(18)17-9-3-2-4-12(17)11-7-8-15-16-11/h5-8,12H,2-4,9H2,1H3,(H,15,16)/t12-/m1/s1. The lowest BCUT2D eigenvalue weighted by Crippen LogP contribution is -2.38. The van der Waals surface area contributed by atoms with Crippen LogP contribution >= 0.6 is 11.3 Å². The van der Waals surface area contributed by atoms with E-state index in [1.165, 1.54) is 4.88 Å². The molecule has 1 N–H and O–H groups in total. The quantitative estimate of drug-likeness (QED) is 0.915. The summed E-state index contributed by atoms with van der Waals surface area (Å²) in [6.45, 7) is 2.86. The van der Waals surface area contributed by atoms with Crippen molar-refractivity contribution in [2.24, 2.45) is 0 Å². The molecule has 1 aliphatic heterocycles. The van der Waals surface area contributed by atoms with Gasteiger partial charge in [-0.25, -0.2) is 0 Å². The van der Waals surface area contributed by atoms with Gasteiger partial charge in [0, 0.05) is 17.6 Å². The van der Waals surface area contributed by atoms with Crippen molar-refractivity contribution in [1.29, 1.82) is 0 Å². The van der Waals surface area contributed by atoms with Crippen molar-refractivity contribution in [3.63, 3.8) is 0 Å². The fraction of sp³-hybridized carbons (Fsp3) is 0.429. The molecule has 1 amide bonds. The van der Waals surface area contributed by atoms with Gasteiger partial charge in [0.25, 0.3) is 5.91 Å².